The van der Waals surface area contributed by atoms with Crippen molar-refractivity contribution in [2.24, 2.45) is 0 Å². The predicted octanol–water partition coefficient (Wildman–Crippen LogP) is 0.198. The molecule has 6 heteroatoms. The van der Waals surface area contributed by atoms with Crippen molar-refractivity contribution in [3.8, 4) is 0 Å². The lowest BCUT2D eigenvalue weighted by atomic mass is 10.1. The highest BCUT2D eigenvalue weighted by Gasteiger charge is 2.36. The summed E-state index contributed by atoms with van der Waals surface area (Å²) in [6, 6.07) is -1.03. The minimum absolute atomic E-state index is 0.311. The fourth-order valence-electron chi connectivity index (χ4n) is 2.78. The minimum Gasteiger partial charge on any atom is -0.480 e. The average molecular weight is 272 g/mol. The average Bonchev–Trinajstić information content (AvgIpc) is 2.63. The first-order valence-electron chi connectivity index (χ1n) is 6.74. The van der Waals surface area contributed by atoms with E-state index in [1.54, 1.807) is 6.92 Å². The predicted molar refractivity (Wildman–Crippen MR) is 70.7 cm³/mol. The van der Waals surface area contributed by atoms with Gasteiger partial charge in [-0.15, -0.1) is 0 Å². The number of aliphatic hydroxyl groups is 1. The Morgan fingerprint density at radius 2 is 1.68 bits per heavy atom. The van der Waals surface area contributed by atoms with Crippen LogP contribution < -0.4 is 5.32 Å². The van der Waals surface area contributed by atoms with Gasteiger partial charge in [-0.05, 0) is 40.5 Å². The van der Waals surface area contributed by atoms with E-state index in [9.17, 15) is 14.7 Å². The Morgan fingerprint density at radius 3 is 2.05 bits per heavy atom. The maximum absolute atomic E-state index is 12.1. The number of likely N-dealkylation sites (tertiary alicyclic amines) is 1. The molecule has 0 aromatic heterocycles. The van der Waals surface area contributed by atoms with Gasteiger partial charge in [0.15, 0.2) is 6.04 Å². The summed E-state index contributed by atoms with van der Waals surface area (Å²) in [7, 11) is 0. The van der Waals surface area contributed by atoms with Crippen molar-refractivity contribution in [3.05, 3.63) is 0 Å². The molecule has 0 aliphatic carbocycles. The van der Waals surface area contributed by atoms with E-state index in [1.807, 2.05) is 0 Å². The molecule has 1 amide bonds. The van der Waals surface area contributed by atoms with Crippen LogP contribution in [0.5, 0.6) is 0 Å². The fourth-order valence-corrected chi connectivity index (χ4v) is 2.78. The lowest BCUT2D eigenvalue weighted by Crippen LogP contribution is -2.55. The first-order valence-corrected chi connectivity index (χ1v) is 6.74. The molecule has 1 heterocycles. The molecule has 0 aromatic carbocycles. The first kappa shape index (κ1) is 15.9. The maximum atomic E-state index is 12.1. The Labute approximate surface area is 113 Å². The summed E-state index contributed by atoms with van der Waals surface area (Å²) in [5.74, 6) is -1.58. The van der Waals surface area contributed by atoms with Gasteiger partial charge in [0.1, 0.15) is 0 Å². The molecule has 1 fully saturated rings. The second-order valence-electron chi connectivity index (χ2n) is 5.46. The van der Waals surface area contributed by atoms with Crippen LogP contribution in [0.4, 0.5) is 0 Å². The van der Waals surface area contributed by atoms with Gasteiger partial charge in [0.05, 0.1) is 12.1 Å². The Balaban J connectivity index is 2.69. The summed E-state index contributed by atoms with van der Waals surface area (Å²) in [5, 5.41) is 20.7. The normalized spacial score (nSPS) is 28.7. The molecule has 3 unspecified atom stereocenters. The number of rotatable bonds is 5. The number of carbonyl (C=O) groups excluding carboxylic acids is 1. The zero-order valence-electron chi connectivity index (χ0n) is 12.0. The van der Waals surface area contributed by atoms with Crippen molar-refractivity contribution >= 4 is 11.9 Å². The maximum Gasteiger partial charge on any atom is 0.328 e. The third kappa shape index (κ3) is 3.67. The van der Waals surface area contributed by atoms with Crippen LogP contribution in [0.25, 0.3) is 0 Å². The number of nitrogens with one attached hydrogen (secondary N) is 1. The van der Waals surface area contributed by atoms with Crippen LogP contribution in [-0.4, -0.2) is 57.3 Å². The van der Waals surface area contributed by atoms with Gasteiger partial charge in [0.2, 0.25) is 5.91 Å². The van der Waals surface area contributed by atoms with E-state index in [0.29, 0.717) is 12.1 Å². The Hall–Kier alpha value is -1.14. The van der Waals surface area contributed by atoms with E-state index in [-0.39, 0.29) is 5.91 Å². The molecule has 0 saturated carbocycles. The van der Waals surface area contributed by atoms with Gasteiger partial charge < -0.3 is 15.5 Å². The Morgan fingerprint density at radius 1 is 1.21 bits per heavy atom. The third-order valence-corrected chi connectivity index (χ3v) is 3.89. The van der Waals surface area contributed by atoms with Gasteiger partial charge in [0, 0.05) is 12.1 Å². The molecule has 110 valence electrons. The molecule has 19 heavy (non-hydrogen) atoms. The van der Waals surface area contributed by atoms with Crippen molar-refractivity contribution in [3.63, 3.8) is 0 Å². The van der Waals surface area contributed by atoms with Crippen LogP contribution >= 0.6 is 0 Å². The van der Waals surface area contributed by atoms with E-state index < -0.39 is 24.2 Å². The second kappa shape index (κ2) is 6.34. The SMILES string of the molecule is CC1CCC(C)N1C(C)C(=O)N[C@H](C(=O)O)[C@@H](C)O. The molecule has 3 N–H and O–H groups in total. The van der Waals surface area contributed by atoms with E-state index in [2.05, 4.69) is 24.1 Å². The summed E-state index contributed by atoms with van der Waals surface area (Å²) < 4.78 is 0. The van der Waals surface area contributed by atoms with Gasteiger partial charge in [-0.25, -0.2) is 4.79 Å². The number of hydrogen-bond donors (Lipinski definition) is 3. The van der Waals surface area contributed by atoms with Gasteiger partial charge in [-0.3, -0.25) is 9.69 Å². The monoisotopic (exact) mass is 272 g/mol. The van der Waals surface area contributed by atoms with E-state index in [0.717, 1.165) is 12.8 Å². The number of carbonyl (C=O) groups is 2. The molecule has 0 aromatic rings. The zero-order chi connectivity index (χ0) is 14.7. The molecular formula is C13H24N2O4. The number of carboxylic acid groups (broad SMARTS) is 1. The topological polar surface area (TPSA) is 89.9 Å². The smallest absolute Gasteiger partial charge is 0.328 e. The molecule has 6 nitrogen and oxygen atoms in total. The molecule has 1 rings (SSSR count). The highest BCUT2D eigenvalue weighted by molar-refractivity contribution is 5.87. The fraction of sp³-hybridized carbons (Fsp3) is 0.846. The number of amides is 1. The van der Waals surface area contributed by atoms with Gasteiger partial charge in [-0.1, -0.05) is 0 Å². The molecule has 1 aliphatic heterocycles. The van der Waals surface area contributed by atoms with Crippen LogP contribution in [0.3, 0.4) is 0 Å². The van der Waals surface area contributed by atoms with Crippen LogP contribution in [0.1, 0.15) is 40.5 Å². The first-order chi connectivity index (χ1) is 8.75. The summed E-state index contributed by atoms with van der Waals surface area (Å²) in [4.78, 5) is 25.2. The molecule has 0 radical (unpaired) electrons. The minimum atomic E-state index is -1.26. The van der Waals surface area contributed by atoms with Crippen LogP contribution in [0, 0.1) is 0 Å². The molecule has 0 spiro atoms. The van der Waals surface area contributed by atoms with Crippen molar-refractivity contribution in [2.75, 3.05) is 0 Å². The van der Waals surface area contributed by atoms with Crippen LogP contribution in [0.15, 0.2) is 0 Å². The van der Waals surface area contributed by atoms with E-state index in [4.69, 9.17) is 5.11 Å². The highest BCUT2D eigenvalue weighted by Crippen LogP contribution is 2.25. The lowest BCUT2D eigenvalue weighted by Gasteiger charge is -2.32. The zero-order valence-corrected chi connectivity index (χ0v) is 12.0. The summed E-state index contributed by atoms with van der Waals surface area (Å²) in [5.41, 5.74) is 0. The van der Waals surface area contributed by atoms with Crippen molar-refractivity contribution < 1.29 is 19.8 Å². The van der Waals surface area contributed by atoms with Crippen molar-refractivity contribution in [1.29, 1.82) is 0 Å². The summed E-state index contributed by atoms with van der Waals surface area (Å²) in [6.45, 7) is 7.26. The summed E-state index contributed by atoms with van der Waals surface area (Å²) in [6.07, 6.45) is 0.955. The number of nitrogens with zero attached hydrogens (tertiary/aromatic N) is 1. The Bertz CT molecular complexity index is 336. The lowest BCUT2D eigenvalue weighted by molar-refractivity contribution is -0.145. The van der Waals surface area contributed by atoms with Crippen LogP contribution in [-0.2, 0) is 9.59 Å². The second-order valence-corrected chi connectivity index (χ2v) is 5.46. The molecule has 1 aliphatic rings. The standard InChI is InChI=1S/C13H24N2O4/c1-7-5-6-8(2)15(7)9(3)12(17)14-11(10(4)16)13(18)19/h7-11,16H,5-6H2,1-4H3,(H,14,17)(H,18,19)/t7?,8?,9?,10-,11+/m1/s1. The van der Waals surface area contributed by atoms with E-state index >= 15 is 0 Å². The molecule has 1 saturated heterocycles. The number of aliphatic hydroxyl groups excluding tert-OH is 1. The van der Waals surface area contributed by atoms with E-state index in [1.165, 1.54) is 6.92 Å². The third-order valence-electron chi connectivity index (χ3n) is 3.89. The highest BCUT2D eigenvalue weighted by atomic mass is 16.4. The largest absolute Gasteiger partial charge is 0.480 e. The van der Waals surface area contributed by atoms with Gasteiger partial charge >= 0.3 is 5.97 Å². The Kier molecular flexibility index (Phi) is 5.31. The van der Waals surface area contributed by atoms with Gasteiger partial charge in [-0.2, -0.15) is 0 Å². The summed E-state index contributed by atoms with van der Waals surface area (Å²) >= 11 is 0. The number of aliphatic carboxylic acids is 1. The molecular weight excluding hydrogens is 248 g/mol. The number of carboxylic acids is 1. The molecule has 5 atom stereocenters. The van der Waals surface area contributed by atoms with Crippen molar-refractivity contribution in [2.45, 2.75) is 70.8 Å². The van der Waals surface area contributed by atoms with Gasteiger partial charge in [0.25, 0.3) is 0 Å². The van der Waals surface area contributed by atoms with Crippen LogP contribution in [0.2, 0.25) is 0 Å². The number of hydrogen-bond acceptors (Lipinski definition) is 4. The van der Waals surface area contributed by atoms with Crippen molar-refractivity contribution in [1.82, 2.24) is 10.2 Å². The quantitative estimate of drug-likeness (QED) is 0.665. The molecule has 0 bridgehead atoms.